The lowest BCUT2D eigenvalue weighted by atomic mass is 9.86. The highest BCUT2D eigenvalue weighted by Gasteiger charge is 2.40. The zero-order valence-electron chi connectivity index (χ0n) is 11.5. The summed E-state index contributed by atoms with van der Waals surface area (Å²) in [6.07, 6.45) is 9.00. The van der Waals surface area contributed by atoms with Crippen molar-refractivity contribution in [1.82, 2.24) is 10.2 Å². The maximum Gasteiger partial charge on any atom is 0.220 e. The van der Waals surface area contributed by atoms with Crippen LogP contribution in [0, 0.1) is 17.8 Å². The number of likely N-dealkylation sites (N-methyl/N-ethyl adjacent to an activating group) is 1. The quantitative estimate of drug-likeness (QED) is 0.782. The van der Waals surface area contributed by atoms with Gasteiger partial charge in [0, 0.05) is 25.6 Å². The fourth-order valence-electron chi connectivity index (χ4n) is 4.01. The molecule has 0 spiro atoms. The Kier molecular flexibility index (Phi) is 3.60. The Morgan fingerprint density at radius 1 is 1.22 bits per heavy atom. The van der Waals surface area contributed by atoms with Crippen LogP contribution in [0.25, 0.3) is 0 Å². The number of nitrogens with one attached hydrogen (secondary N) is 1. The van der Waals surface area contributed by atoms with Crippen LogP contribution in [0.15, 0.2) is 0 Å². The number of hydrogen-bond acceptors (Lipinski definition) is 2. The zero-order chi connectivity index (χ0) is 12.5. The summed E-state index contributed by atoms with van der Waals surface area (Å²) in [5, 5.41) is 3.10. The molecule has 3 rings (SSSR count). The van der Waals surface area contributed by atoms with Crippen LogP contribution in [-0.4, -0.2) is 37.0 Å². The third-order valence-electron chi connectivity index (χ3n) is 5.29. The highest BCUT2D eigenvalue weighted by atomic mass is 16.1. The number of carbonyl (C=O) groups is 1. The maximum absolute atomic E-state index is 11.9. The van der Waals surface area contributed by atoms with Crippen LogP contribution < -0.4 is 5.32 Å². The van der Waals surface area contributed by atoms with Gasteiger partial charge in [0.15, 0.2) is 0 Å². The number of hydrogen-bond donors (Lipinski definition) is 1. The normalized spacial score (nSPS) is 34.2. The zero-order valence-corrected chi connectivity index (χ0v) is 11.5. The van der Waals surface area contributed by atoms with Crippen molar-refractivity contribution < 1.29 is 4.79 Å². The Bertz CT molecular complexity index is 314. The molecule has 3 nitrogen and oxygen atoms in total. The monoisotopic (exact) mass is 250 g/mol. The van der Waals surface area contributed by atoms with Gasteiger partial charge < -0.3 is 10.2 Å². The molecule has 0 aromatic rings. The minimum atomic E-state index is 0.289. The Labute approximate surface area is 110 Å². The van der Waals surface area contributed by atoms with Gasteiger partial charge in [0.2, 0.25) is 5.91 Å². The van der Waals surface area contributed by atoms with Gasteiger partial charge in [-0.25, -0.2) is 0 Å². The number of amides is 1. The molecule has 1 amide bonds. The summed E-state index contributed by atoms with van der Waals surface area (Å²) in [5.74, 6) is 2.81. The molecule has 3 atom stereocenters. The third kappa shape index (κ3) is 2.87. The molecule has 3 aliphatic carbocycles. The van der Waals surface area contributed by atoms with Crippen molar-refractivity contribution in [2.75, 3.05) is 20.1 Å². The molecule has 2 bridgehead atoms. The van der Waals surface area contributed by atoms with E-state index in [9.17, 15) is 4.79 Å². The van der Waals surface area contributed by atoms with Crippen molar-refractivity contribution >= 4 is 5.91 Å². The van der Waals surface area contributed by atoms with Crippen LogP contribution in [0.5, 0.6) is 0 Å². The van der Waals surface area contributed by atoms with Gasteiger partial charge in [-0.3, -0.25) is 4.79 Å². The average Bonchev–Trinajstić information content (AvgIpc) is 3.00. The van der Waals surface area contributed by atoms with Gasteiger partial charge in [-0.05, 0) is 56.9 Å². The van der Waals surface area contributed by atoms with Gasteiger partial charge in [0.1, 0.15) is 0 Å². The third-order valence-corrected chi connectivity index (χ3v) is 5.29. The van der Waals surface area contributed by atoms with E-state index in [1.54, 1.807) is 0 Å². The van der Waals surface area contributed by atoms with Gasteiger partial charge in [-0.1, -0.05) is 6.42 Å². The summed E-state index contributed by atoms with van der Waals surface area (Å²) in [4.78, 5) is 14.3. The first-order chi connectivity index (χ1) is 8.72. The van der Waals surface area contributed by atoms with Crippen LogP contribution in [0.1, 0.15) is 44.9 Å². The molecule has 102 valence electrons. The Balaban J connectivity index is 1.32. The molecule has 3 saturated carbocycles. The number of rotatable bonds is 6. The molecule has 3 heteroatoms. The van der Waals surface area contributed by atoms with Crippen LogP contribution in [0.3, 0.4) is 0 Å². The summed E-state index contributed by atoms with van der Waals surface area (Å²) in [6, 6.07) is 0.799. The van der Waals surface area contributed by atoms with E-state index in [1.165, 1.54) is 38.5 Å². The summed E-state index contributed by atoms with van der Waals surface area (Å²) in [7, 11) is 2.17. The molecule has 0 aromatic carbocycles. The molecule has 18 heavy (non-hydrogen) atoms. The van der Waals surface area contributed by atoms with Gasteiger partial charge in [-0.2, -0.15) is 0 Å². The van der Waals surface area contributed by atoms with Crippen LogP contribution >= 0.6 is 0 Å². The Morgan fingerprint density at radius 2 is 2.06 bits per heavy atom. The highest BCUT2D eigenvalue weighted by Crippen LogP contribution is 2.49. The van der Waals surface area contributed by atoms with E-state index in [0.29, 0.717) is 5.92 Å². The maximum atomic E-state index is 11.9. The van der Waals surface area contributed by atoms with E-state index >= 15 is 0 Å². The molecule has 3 aliphatic rings. The second-order valence-electron chi connectivity index (χ2n) is 6.70. The number of nitrogens with zero attached hydrogens (tertiary/aromatic N) is 1. The van der Waals surface area contributed by atoms with E-state index < -0.39 is 0 Å². The van der Waals surface area contributed by atoms with Crippen molar-refractivity contribution in [3.63, 3.8) is 0 Å². The summed E-state index contributed by atoms with van der Waals surface area (Å²) >= 11 is 0. The number of fused-ring (bicyclic) bond motifs is 2. The SMILES string of the molecule is CN(CCNC(=O)CC1CC2CCC1C2)C1CC1. The van der Waals surface area contributed by atoms with Crippen LogP contribution in [0.4, 0.5) is 0 Å². The van der Waals surface area contributed by atoms with Crippen molar-refractivity contribution in [2.45, 2.75) is 51.0 Å². The topological polar surface area (TPSA) is 32.3 Å². The Hall–Kier alpha value is -0.570. The van der Waals surface area contributed by atoms with E-state index in [4.69, 9.17) is 0 Å². The van der Waals surface area contributed by atoms with Crippen molar-refractivity contribution in [3.05, 3.63) is 0 Å². The van der Waals surface area contributed by atoms with E-state index in [1.807, 2.05) is 0 Å². The molecule has 3 fully saturated rings. The molecular weight excluding hydrogens is 224 g/mol. The molecular formula is C15H26N2O. The van der Waals surface area contributed by atoms with Crippen molar-refractivity contribution in [1.29, 1.82) is 0 Å². The van der Waals surface area contributed by atoms with Crippen LogP contribution in [-0.2, 0) is 4.79 Å². The molecule has 0 saturated heterocycles. The first-order valence-corrected chi connectivity index (χ1v) is 7.69. The van der Waals surface area contributed by atoms with Crippen molar-refractivity contribution in [3.8, 4) is 0 Å². The summed E-state index contributed by atoms with van der Waals surface area (Å²) in [6.45, 7) is 1.83. The fraction of sp³-hybridized carbons (Fsp3) is 0.933. The van der Waals surface area contributed by atoms with Gasteiger partial charge in [0.05, 0.1) is 0 Å². The minimum absolute atomic E-state index is 0.289. The average molecular weight is 250 g/mol. The molecule has 0 aromatic heterocycles. The molecule has 1 N–H and O–H groups in total. The minimum Gasteiger partial charge on any atom is -0.355 e. The number of carbonyl (C=O) groups excluding carboxylic acids is 1. The largest absolute Gasteiger partial charge is 0.355 e. The molecule has 0 radical (unpaired) electrons. The summed E-state index contributed by atoms with van der Waals surface area (Å²) in [5.41, 5.74) is 0. The fourth-order valence-corrected chi connectivity index (χ4v) is 4.01. The second-order valence-corrected chi connectivity index (χ2v) is 6.70. The first kappa shape index (κ1) is 12.5. The van der Waals surface area contributed by atoms with Gasteiger partial charge in [0.25, 0.3) is 0 Å². The standard InChI is InChI=1S/C15H26N2O/c1-17(14-4-5-14)7-6-16-15(18)10-13-9-11-2-3-12(13)8-11/h11-14H,2-10H2,1H3,(H,16,18). The molecule has 3 unspecified atom stereocenters. The second kappa shape index (κ2) is 5.20. The predicted molar refractivity (Wildman–Crippen MR) is 72.2 cm³/mol. The predicted octanol–water partition coefficient (Wildman–Crippen LogP) is 2.02. The van der Waals surface area contributed by atoms with E-state index in [-0.39, 0.29) is 5.91 Å². The highest BCUT2D eigenvalue weighted by molar-refractivity contribution is 5.76. The van der Waals surface area contributed by atoms with Crippen molar-refractivity contribution in [2.24, 2.45) is 17.8 Å². The lowest BCUT2D eigenvalue weighted by molar-refractivity contribution is -0.122. The Morgan fingerprint density at radius 3 is 2.67 bits per heavy atom. The van der Waals surface area contributed by atoms with Gasteiger partial charge >= 0.3 is 0 Å². The molecule has 0 aliphatic heterocycles. The lowest BCUT2D eigenvalue weighted by Crippen LogP contribution is -2.35. The summed E-state index contributed by atoms with van der Waals surface area (Å²) < 4.78 is 0. The van der Waals surface area contributed by atoms with Crippen LogP contribution in [0.2, 0.25) is 0 Å². The smallest absolute Gasteiger partial charge is 0.220 e. The van der Waals surface area contributed by atoms with Gasteiger partial charge in [-0.15, -0.1) is 0 Å². The van der Waals surface area contributed by atoms with E-state index in [2.05, 4.69) is 17.3 Å². The molecule has 0 heterocycles. The first-order valence-electron chi connectivity index (χ1n) is 7.69. The lowest BCUT2D eigenvalue weighted by Gasteiger charge is -2.21. The van der Waals surface area contributed by atoms with E-state index in [0.717, 1.165) is 37.4 Å².